The molecule has 0 saturated heterocycles. The second-order valence-corrected chi connectivity index (χ2v) is 3.89. The molecule has 0 aliphatic carbocycles. The molecule has 0 spiro atoms. The van der Waals surface area contributed by atoms with Crippen molar-refractivity contribution in [3.8, 4) is 0 Å². The summed E-state index contributed by atoms with van der Waals surface area (Å²) in [7, 11) is 0. The summed E-state index contributed by atoms with van der Waals surface area (Å²) in [4.78, 5) is 11.6. The van der Waals surface area contributed by atoms with E-state index in [0.717, 1.165) is 5.56 Å². The van der Waals surface area contributed by atoms with Gasteiger partial charge in [0, 0.05) is 11.4 Å². The summed E-state index contributed by atoms with van der Waals surface area (Å²) < 4.78 is 0. The van der Waals surface area contributed by atoms with Crippen molar-refractivity contribution in [3.05, 3.63) is 46.0 Å². The van der Waals surface area contributed by atoms with Crippen LogP contribution in [0.3, 0.4) is 0 Å². The number of nitrogen functional groups attached to an aromatic ring is 1. The van der Waals surface area contributed by atoms with Crippen LogP contribution >= 0.6 is 23.2 Å². The highest BCUT2D eigenvalue weighted by molar-refractivity contribution is 6.31. The lowest BCUT2D eigenvalue weighted by Crippen LogP contribution is -2.04. The molecule has 0 bridgehead atoms. The maximum atomic E-state index is 6.02. The standard InChI is InChI=1S/C10H8Cl2N4/c11-7-4-2-1-3-6(7)5-8-14-9(12)16-10(13)15-8/h1-4H,5H2,(H2,13,14,15,16). The summed E-state index contributed by atoms with van der Waals surface area (Å²) in [6.45, 7) is 0. The van der Waals surface area contributed by atoms with Crippen LogP contribution in [0.4, 0.5) is 5.95 Å². The zero-order valence-corrected chi connectivity index (χ0v) is 9.70. The lowest BCUT2D eigenvalue weighted by molar-refractivity contribution is 0.929. The number of nitrogens with zero attached hydrogens (tertiary/aromatic N) is 3. The van der Waals surface area contributed by atoms with E-state index in [9.17, 15) is 0 Å². The molecule has 0 aliphatic rings. The van der Waals surface area contributed by atoms with Crippen LogP contribution in [0.1, 0.15) is 11.4 Å². The van der Waals surface area contributed by atoms with Crippen molar-refractivity contribution < 1.29 is 0 Å². The maximum absolute atomic E-state index is 6.02. The molecule has 0 radical (unpaired) electrons. The molecular formula is C10H8Cl2N4. The van der Waals surface area contributed by atoms with E-state index in [1.807, 2.05) is 24.3 Å². The Hall–Kier alpha value is -1.39. The predicted octanol–water partition coefficient (Wildman–Crippen LogP) is 2.35. The monoisotopic (exact) mass is 254 g/mol. The van der Waals surface area contributed by atoms with Crippen LogP contribution < -0.4 is 5.73 Å². The molecule has 0 fully saturated rings. The molecule has 4 nitrogen and oxygen atoms in total. The van der Waals surface area contributed by atoms with Gasteiger partial charge in [0.15, 0.2) is 0 Å². The average molecular weight is 255 g/mol. The summed E-state index contributed by atoms with van der Waals surface area (Å²) in [5.41, 5.74) is 6.39. The second-order valence-electron chi connectivity index (χ2n) is 3.15. The highest BCUT2D eigenvalue weighted by Crippen LogP contribution is 2.17. The first-order valence-electron chi connectivity index (χ1n) is 4.54. The van der Waals surface area contributed by atoms with Gasteiger partial charge in [-0.25, -0.2) is 4.98 Å². The van der Waals surface area contributed by atoms with Gasteiger partial charge in [0.25, 0.3) is 0 Å². The van der Waals surface area contributed by atoms with Gasteiger partial charge in [-0.2, -0.15) is 9.97 Å². The Morgan fingerprint density at radius 1 is 1.06 bits per heavy atom. The van der Waals surface area contributed by atoms with Crippen molar-refractivity contribution in [3.63, 3.8) is 0 Å². The second kappa shape index (κ2) is 4.63. The van der Waals surface area contributed by atoms with Gasteiger partial charge >= 0.3 is 0 Å². The highest BCUT2D eigenvalue weighted by Gasteiger charge is 2.06. The third-order valence-corrected chi connectivity index (χ3v) is 2.52. The number of hydrogen-bond acceptors (Lipinski definition) is 4. The molecule has 1 aromatic carbocycles. The third-order valence-electron chi connectivity index (χ3n) is 1.98. The van der Waals surface area contributed by atoms with Crippen molar-refractivity contribution in [2.24, 2.45) is 0 Å². The van der Waals surface area contributed by atoms with E-state index in [2.05, 4.69) is 15.0 Å². The van der Waals surface area contributed by atoms with Gasteiger partial charge in [-0.3, -0.25) is 0 Å². The third kappa shape index (κ3) is 2.59. The molecule has 0 aliphatic heterocycles. The van der Waals surface area contributed by atoms with Crippen LogP contribution in [0, 0.1) is 0 Å². The van der Waals surface area contributed by atoms with Crippen LogP contribution in [0.25, 0.3) is 0 Å². The van der Waals surface area contributed by atoms with Crippen LogP contribution in [0.5, 0.6) is 0 Å². The lowest BCUT2D eigenvalue weighted by atomic mass is 10.1. The van der Waals surface area contributed by atoms with Gasteiger partial charge in [-0.15, -0.1) is 0 Å². The van der Waals surface area contributed by atoms with Gasteiger partial charge in [-0.05, 0) is 23.2 Å². The normalized spacial score (nSPS) is 10.4. The molecule has 1 heterocycles. The smallest absolute Gasteiger partial charge is 0.227 e. The topological polar surface area (TPSA) is 64.7 Å². The Balaban J connectivity index is 2.30. The van der Waals surface area contributed by atoms with Crippen molar-refractivity contribution in [2.75, 3.05) is 5.73 Å². The Morgan fingerprint density at radius 2 is 1.81 bits per heavy atom. The molecule has 2 aromatic rings. The molecule has 0 unspecified atom stereocenters. The fraction of sp³-hybridized carbons (Fsp3) is 0.100. The minimum Gasteiger partial charge on any atom is -0.368 e. The maximum Gasteiger partial charge on any atom is 0.227 e. The van der Waals surface area contributed by atoms with Crippen molar-refractivity contribution in [1.82, 2.24) is 15.0 Å². The number of rotatable bonds is 2. The van der Waals surface area contributed by atoms with Crippen LogP contribution in [0.2, 0.25) is 10.3 Å². The molecular weight excluding hydrogens is 247 g/mol. The summed E-state index contributed by atoms with van der Waals surface area (Å²) in [6.07, 6.45) is 0.478. The Kier molecular flexibility index (Phi) is 3.22. The van der Waals surface area contributed by atoms with Crippen molar-refractivity contribution >= 4 is 29.2 Å². The Bertz CT molecular complexity index is 496. The first-order valence-corrected chi connectivity index (χ1v) is 5.30. The highest BCUT2D eigenvalue weighted by atomic mass is 35.5. The molecule has 2 rings (SSSR count). The minimum atomic E-state index is 0.0922. The number of anilines is 1. The van der Waals surface area contributed by atoms with Gasteiger partial charge in [0.1, 0.15) is 5.82 Å². The molecule has 0 saturated carbocycles. The van der Waals surface area contributed by atoms with Crippen LogP contribution in [0.15, 0.2) is 24.3 Å². The number of benzene rings is 1. The first-order chi connectivity index (χ1) is 7.65. The number of halogens is 2. The minimum absolute atomic E-state index is 0.0922. The molecule has 82 valence electrons. The number of nitrogens with two attached hydrogens (primary N) is 1. The van der Waals surface area contributed by atoms with Crippen LogP contribution in [-0.2, 0) is 6.42 Å². The fourth-order valence-corrected chi connectivity index (χ4v) is 1.69. The van der Waals surface area contributed by atoms with E-state index < -0.39 is 0 Å². The van der Waals surface area contributed by atoms with Gasteiger partial charge in [0.2, 0.25) is 11.2 Å². The van der Waals surface area contributed by atoms with Crippen molar-refractivity contribution in [2.45, 2.75) is 6.42 Å². The zero-order chi connectivity index (χ0) is 11.5. The first kappa shape index (κ1) is 11.1. The summed E-state index contributed by atoms with van der Waals surface area (Å²) >= 11 is 11.7. The van der Waals surface area contributed by atoms with E-state index in [-0.39, 0.29) is 11.2 Å². The largest absolute Gasteiger partial charge is 0.368 e. The van der Waals surface area contributed by atoms with Crippen LogP contribution in [-0.4, -0.2) is 15.0 Å². The SMILES string of the molecule is Nc1nc(Cl)nc(Cc2ccccc2Cl)n1. The van der Waals surface area contributed by atoms with E-state index in [1.54, 1.807) is 0 Å². The Morgan fingerprint density at radius 3 is 2.50 bits per heavy atom. The molecule has 0 amide bonds. The number of aromatic nitrogens is 3. The summed E-state index contributed by atoms with van der Waals surface area (Å²) in [5.74, 6) is 0.618. The molecule has 1 aromatic heterocycles. The lowest BCUT2D eigenvalue weighted by Gasteiger charge is -2.03. The Labute approximate surface area is 102 Å². The van der Waals surface area contributed by atoms with E-state index in [1.165, 1.54) is 0 Å². The van der Waals surface area contributed by atoms with E-state index in [0.29, 0.717) is 17.3 Å². The van der Waals surface area contributed by atoms with E-state index >= 15 is 0 Å². The molecule has 0 atom stereocenters. The molecule has 16 heavy (non-hydrogen) atoms. The van der Waals surface area contributed by atoms with E-state index in [4.69, 9.17) is 28.9 Å². The van der Waals surface area contributed by atoms with Gasteiger partial charge in [0.05, 0.1) is 0 Å². The van der Waals surface area contributed by atoms with Gasteiger partial charge < -0.3 is 5.73 Å². The van der Waals surface area contributed by atoms with Gasteiger partial charge in [-0.1, -0.05) is 29.8 Å². The fourth-order valence-electron chi connectivity index (χ4n) is 1.30. The quantitative estimate of drug-likeness (QED) is 0.894. The summed E-state index contributed by atoms with van der Waals surface area (Å²) in [5, 5.41) is 0.757. The number of hydrogen-bond donors (Lipinski definition) is 1. The van der Waals surface area contributed by atoms with Crippen molar-refractivity contribution in [1.29, 1.82) is 0 Å². The molecule has 2 N–H and O–H groups in total. The average Bonchev–Trinajstić information content (AvgIpc) is 2.20. The molecule has 6 heteroatoms. The predicted molar refractivity (Wildman–Crippen MR) is 63.5 cm³/mol. The summed E-state index contributed by atoms with van der Waals surface area (Å²) in [6, 6.07) is 7.47. The zero-order valence-electron chi connectivity index (χ0n) is 8.19.